The minimum atomic E-state index is -3.83. The molecule has 2 heterocycles. The topological polar surface area (TPSA) is 77.5 Å². The molecule has 0 fully saturated rings. The summed E-state index contributed by atoms with van der Waals surface area (Å²) in [5.41, 5.74) is 1.78. The van der Waals surface area contributed by atoms with Crippen molar-refractivity contribution in [3.05, 3.63) is 47.7 Å². The molecule has 1 aliphatic heterocycles. The lowest BCUT2D eigenvalue weighted by molar-refractivity contribution is 0.138. The lowest BCUT2D eigenvalue weighted by Crippen LogP contribution is -2.29. The standard InChI is InChI=1S/C20H26N2O4S/c1-5-16(14-9-10-17-15(12-14)13-20(3,4)26-17)22-27(23,24)19-18(25-6-2)8-7-11-21-19/h7-12,16,22H,5-6,13H2,1-4H3. The van der Waals surface area contributed by atoms with Gasteiger partial charge >= 0.3 is 0 Å². The van der Waals surface area contributed by atoms with Crippen molar-refractivity contribution in [2.75, 3.05) is 6.61 Å². The van der Waals surface area contributed by atoms with Gasteiger partial charge in [0, 0.05) is 18.7 Å². The highest BCUT2D eigenvalue weighted by Crippen LogP contribution is 2.37. The van der Waals surface area contributed by atoms with E-state index in [-0.39, 0.29) is 22.4 Å². The van der Waals surface area contributed by atoms with E-state index >= 15 is 0 Å². The Hall–Kier alpha value is -2.12. The van der Waals surface area contributed by atoms with Crippen molar-refractivity contribution in [2.24, 2.45) is 0 Å². The first kappa shape index (κ1) is 19.6. The molecule has 0 aliphatic carbocycles. The van der Waals surface area contributed by atoms with Crippen LogP contribution in [0.2, 0.25) is 0 Å². The fourth-order valence-corrected chi connectivity index (χ4v) is 4.70. The van der Waals surface area contributed by atoms with E-state index in [0.29, 0.717) is 13.0 Å². The van der Waals surface area contributed by atoms with E-state index in [0.717, 1.165) is 23.3 Å². The lowest BCUT2D eigenvalue weighted by Gasteiger charge is -2.19. The van der Waals surface area contributed by atoms with Gasteiger partial charge in [-0.1, -0.05) is 19.1 Å². The predicted molar refractivity (Wildman–Crippen MR) is 104 cm³/mol. The van der Waals surface area contributed by atoms with Crippen LogP contribution < -0.4 is 14.2 Å². The maximum atomic E-state index is 12.9. The fraction of sp³-hybridized carbons (Fsp3) is 0.450. The number of sulfonamides is 1. The first-order valence-corrected chi connectivity index (χ1v) is 10.7. The molecule has 146 valence electrons. The Bertz CT molecular complexity index is 925. The van der Waals surface area contributed by atoms with E-state index in [1.807, 2.05) is 39.0 Å². The maximum Gasteiger partial charge on any atom is 0.262 e. The summed E-state index contributed by atoms with van der Waals surface area (Å²) in [4.78, 5) is 4.03. The molecule has 0 saturated heterocycles. The first-order chi connectivity index (χ1) is 12.8. The third-order valence-electron chi connectivity index (χ3n) is 4.49. The molecule has 2 aromatic rings. The number of hydrogen-bond donors (Lipinski definition) is 1. The van der Waals surface area contributed by atoms with Gasteiger partial charge in [0.1, 0.15) is 11.4 Å². The number of rotatable bonds is 7. The smallest absolute Gasteiger partial charge is 0.262 e. The molecular weight excluding hydrogens is 364 g/mol. The third-order valence-corrected chi connectivity index (χ3v) is 5.90. The van der Waals surface area contributed by atoms with Crippen molar-refractivity contribution >= 4 is 10.0 Å². The van der Waals surface area contributed by atoms with E-state index < -0.39 is 10.0 Å². The molecule has 6 nitrogen and oxygen atoms in total. The Morgan fingerprint density at radius 3 is 2.78 bits per heavy atom. The Morgan fingerprint density at radius 2 is 2.07 bits per heavy atom. The largest absolute Gasteiger partial charge is 0.491 e. The molecule has 1 aromatic heterocycles. The SMILES string of the molecule is CCOc1cccnc1S(=O)(=O)NC(CC)c1ccc2c(c1)CC(C)(C)O2. The molecule has 0 bridgehead atoms. The number of ether oxygens (including phenoxy) is 2. The second-order valence-electron chi connectivity index (χ2n) is 7.23. The van der Waals surface area contributed by atoms with Crippen LogP contribution in [-0.2, 0) is 16.4 Å². The van der Waals surface area contributed by atoms with Crippen LogP contribution in [0.25, 0.3) is 0 Å². The third kappa shape index (κ3) is 4.25. The average molecular weight is 391 g/mol. The van der Waals surface area contributed by atoms with Gasteiger partial charge in [-0.05, 0) is 56.5 Å². The van der Waals surface area contributed by atoms with Crippen molar-refractivity contribution in [1.29, 1.82) is 0 Å². The number of benzene rings is 1. The van der Waals surface area contributed by atoms with Gasteiger partial charge in [0.2, 0.25) is 5.03 Å². The summed E-state index contributed by atoms with van der Waals surface area (Å²) in [6, 6.07) is 8.77. The van der Waals surface area contributed by atoms with E-state index in [9.17, 15) is 8.42 Å². The second kappa shape index (κ2) is 7.48. The van der Waals surface area contributed by atoms with E-state index in [1.54, 1.807) is 19.1 Å². The van der Waals surface area contributed by atoms with Crippen LogP contribution in [0.5, 0.6) is 11.5 Å². The van der Waals surface area contributed by atoms with Gasteiger partial charge in [-0.25, -0.2) is 18.1 Å². The Kier molecular flexibility index (Phi) is 5.44. The van der Waals surface area contributed by atoms with Gasteiger partial charge in [-0.15, -0.1) is 0 Å². The van der Waals surface area contributed by atoms with Crippen LogP contribution in [0.15, 0.2) is 41.6 Å². The Morgan fingerprint density at radius 1 is 1.30 bits per heavy atom. The van der Waals surface area contributed by atoms with Crippen LogP contribution in [0.1, 0.15) is 51.3 Å². The van der Waals surface area contributed by atoms with Crippen LogP contribution in [0, 0.1) is 0 Å². The molecule has 3 rings (SSSR count). The van der Waals surface area contributed by atoms with Gasteiger partial charge in [-0.3, -0.25) is 0 Å². The van der Waals surface area contributed by atoms with Crippen molar-refractivity contribution in [3.63, 3.8) is 0 Å². The molecule has 1 N–H and O–H groups in total. The van der Waals surface area contributed by atoms with E-state index in [1.165, 1.54) is 6.20 Å². The van der Waals surface area contributed by atoms with E-state index in [4.69, 9.17) is 9.47 Å². The maximum absolute atomic E-state index is 12.9. The van der Waals surface area contributed by atoms with Crippen molar-refractivity contribution < 1.29 is 17.9 Å². The average Bonchev–Trinajstić information content (AvgIpc) is 2.93. The summed E-state index contributed by atoms with van der Waals surface area (Å²) in [5, 5.41) is -0.0871. The van der Waals surface area contributed by atoms with Crippen LogP contribution in [0.3, 0.4) is 0 Å². The normalized spacial score (nSPS) is 16.4. The molecule has 1 aliphatic rings. The summed E-state index contributed by atoms with van der Waals surface area (Å²) in [7, 11) is -3.83. The minimum Gasteiger partial charge on any atom is -0.491 e. The number of nitrogens with one attached hydrogen (secondary N) is 1. The molecule has 0 radical (unpaired) electrons. The van der Waals surface area contributed by atoms with Gasteiger partial charge in [0.05, 0.1) is 6.61 Å². The number of pyridine rings is 1. The Balaban J connectivity index is 1.88. The minimum absolute atomic E-state index is 0.0871. The van der Waals surface area contributed by atoms with Gasteiger partial charge in [-0.2, -0.15) is 0 Å². The predicted octanol–water partition coefficient (Wildman–Crippen LogP) is 3.62. The molecule has 0 spiro atoms. The van der Waals surface area contributed by atoms with Gasteiger partial charge in [0.15, 0.2) is 5.75 Å². The monoisotopic (exact) mass is 390 g/mol. The molecule has 27 heavy (non-hydrogen) atoms. The number of hydrogen-bond acceptors (Lipinski definition) is 5. The summed E-state index contributed by atoms with van der Waals surface area (Å²) in [6.07, 6.45) is 2.86. The van der Waals surface area contributed by atoms with Crippen molar-refractivity contribution in [2.45, 2.75) is 57.2 Å². The molecule has 1 aromatic carbocycles. The summed E-state index contributed by atoms with van der Waals surface area (Å²) < 4.78 is 40.0. The highest BCUT2D eigenvalue weighted by Gasteiger charge is 2.31. The number of fused-ring (bicyclic) bond motifs is 1. The summed E-state index contributed by atoms with van der Waals surface area (Å²) in [5.74, 6) is 1.12. The second-order valence-corrected chi connectivity index (χ2v) is 8.86. The van der Waals surface area contributed by atoms with Crippen LogP contribution in [0.4, 0.5) is 0 Å². The van der Waals surface area contributed by atoms with Crippen molar-refractivity contribution in [1.82, 2.24) is 9.71 Å². The zero-order valence-electron chi connectivity index (χ0n) is 16.2. The molecular formula is C20H26N2O4S. The highest BCUT2D eigenvalue weighted by molar-refractivity contribution is 7.89. The quantitative estimate of drug-likeness (QED) is 0.781. The van der Waals surface area contributed by atoms with E-state index in [2.05, 4.69) is 9.71 Å². The fourth-order valence-electron chi connectivity index (χ4n) is 3.32. The van der Waals surface area contributed by atoms with Crippen LogP contribution >= 0.6 is 0 Å². The number of aromatic nitrogens is 1. The molecule has 0 saturated carbocycles. The first-order valence-electron chi connectivity index (χ1n) is 9.17. The molecule has 0 amide bonds. The van der Waals surface area contributed by atoms with Crippen molar-refractivity contribution in [3.8, 4) is 11.5 Å². The lowest BCUT2D eigenvalue weighted by atomic mass is 9.97. The molecule has 1 atom stereocenters. The molecule has 7 heteroatoms. The van der Waals surface area contributed by atoms with Crippen LogP contribution in [-0.4, -0.2) is 25.6 Å². The Labute approximate surface area is 161 Å². The molecule has 1 unspecified atom stereocenters. The zero-order valence-corrected chi connectivity index (χ0v) is 17.0. The van der Waals surface area contributed by atoms with Gasteiger partial charge < -0.3 is 9.47 Å². The number of nitrogens with zero attached hydrogens (tertiary/aromatic N) is 1. The summed E-state index contributed by atoms with van der Waals surface area (Å²) >= 11 is 0. The summed E-state index contributed by atoms with van der Waals surface area (Å²) in [6.45, 7) is 8.21. The highest BCUT2D eigenvalue weighted by atomic mass is 32.2. The zero-order chi connectivity index (χ0) is 19.7. The van der Waals surface area contributed by atoms with Gasteiger partial charge in [0.25, 0.3) is 10.0 Å².